The first-order valence-corrected chi connectivity index (χ1v) is 11.9. The Kier molecular flexibility index (Phi) is 6.24. The highest BCUT2D eigenvalue weighted by atomic mass is 32.2. The Morgan fingerprint density at radius 1 is 0.903 bits per heavy atom. The summed E-state index contributed by atoms with van der Waals surface area (Å²) in [7, 11) is -3.97. The van der Waals surface area contributed by atoms with Gasteiger partial charge in [0.1, 0.15) is 22.2 Å². The third-order valence-corrected chi connectivity index (χ3v) is 7.90. The van der Waals surface area contributed by atoms with Crippen LogP contribution in [0.25, 0.3) is 0 Å². The van der Waals surface area contributed by atoms with Crippen LogP contribution in [0.3, 0.4) is 0 Å². The van der Waals surface area contributed by atoms with Crippen LogP contribution in [0.5, 0.6) is 0 Å². The molecule has 4 rings (SSSR count). The lowest BCUT2D eigenvalue weighted by atomic mass is 9.97. The molecule has 2 aromatic rings. The van der Waals surface area contributed by atoms with Gasteiger partial charge in [0.25, 0.3) is 0 Å². The quantitative estimate of drug-likeness (QED) is 0.757. The van der Waals surface area contributed by atoms with Gasteiger partial charge in [-0.1, -0.05) is 18.2 Å². The number of hydrogen-bond acceptors (Lipinski definition) is 4. The number of para-hydroxylation sites is 1. The number of carbonyl (C=O) groups excluding carboxylic acids is 1. The van der Waals surface area contributed by atoms with Gasteiger partial charge < -0.3 is 10.2 Å². The minimum absolute atomic E-state index is 0.102. The Bertz CT molecular complexity index is 1060. The molecular formula is C22H25F2N3O3S. The number of piperidine rings is 1. The van der Waals surface area contributed by atoms with E-state index in [9.17, 15) is 22.0 Å². The van der Waals surface area contributed by atoms with E-state index < -0.39 is 27.6 Å². The summed E-state index contributed by atoms with van der Waals surface area (Å²) in [6.07, 6.45) is 2.62. The highest BCUT2D eigenvalue weighted by Crippen LogP contribution is 2.33. The van der Waals surface area contributed by atoms with Crippen molar-refractivity contribution in [2.75, 3.05) is 36.4 Å². The van der Waals surface area contributed by atoms with E-state index in [1.807, 2.05) is 0 Å². The fourth-order valence-electron chi connectivity index (χ4n) is 4.23. The summed E-state index contributed by atoms with van der Waals surface area (Å²) in [4.78, 5) is 14.5. The summed E-state index contributed by atoms with van der Waals surface area (Å²) in [6.45, 7) is 1.84. The molecule has 0 atom stereocenters. The van der Waals surface area contributed by atoms with Gasteiger partial charge in [-0.2, -0.15) is 4.31 Å². The maximum Gasteiger partial charge on any atom is 0.245 e. The van der Waals surface area contributed by atoms with Crippen molar-refractivity contribution < 1.29 is 22.0 Å². The predicted octanol–water partition coefficient (Wildman–Crippen LogP) is 3.60. The molecule has 166 valence electrons. The molecule has 1 N–H and O–H groups in total. The van der Waals surface area contributed by atoms with Gasteiger partial charge in [0.15, 0.2) is 0 Å². The number of anilines is 2. The van der Waals surface area contributed by atoms with Crippen molar-refractivity contribution in [3.8, 4) is 0 Å². The lowest BCUT2D eigenvalue weighted by molar-refractivity contribution is -0.120. The monoisotopic (exact) mass is 449 g/mol. The molecule has 0 saturated carbocycles. The zero-order valence-electron chi connectivity index (χ0n) is 17.1. The van der Waals surface area contributed by atoms with E-state index in [4.69, 9.17) is 0 Å². The second-order valence-corrected chi connectivity index (χ2v) is 9.83. The zero-order valence-corrected chi connectivity index (χ0v) is 17.9. The average molecular weight is 450 g/mol. The first kappa shape index (κ1) is 21.7. The molecule has 2 aliphatic heterocycles. The molecule has 2 saturated heterocycles. The molecule has 2 heterocycles. The molecule has 2 aliphatic rings. The van der Waals surface area contributed by atoms with Gasteiger partial charge in [0, 0.05) is 32.1 Å². The van der Waals surface area contributed by atoms with Crippen LogP contribution < -0.4 is 10.2 Å². The molecular weight excluding hydrogens is 424 g/mol. The molecule has 0 bridgehead atoms. The summed E-state index contributed by atoms with van der Waals surface area (Å²) >= 11 is 0. The number of nitrogens with one attached hydrogen (secondary N) is 1. The van der Waals surface area contributed by atoms with E-state index in [1.54, 1.807) is 12.1 Å². The second kappa shape index (κ2) is 8.92. The molecule has 2 aromatic carbocycles. The Labute approximate surface area is 180 Å². The largest absolute Gasteiger partial charge is 0.370 e. The molecule has 31 heavy (non-hydrogen) atoms. The van der Waals surface area contributed by atoms with E-state index in [0.717, 1.165) is 32.0 Å². The van der Waals surface area contributed by atoms with Crippen LogP contribution in [0.15, 0.2) is 47.4 Å². The topological polar surface area (TPSA) is 69.7 Å². The number of carbonyl (C=O) groups is 1. The number of amides is 1. The number of rotatable bonds is 5. The van der Waals surface area contributed by atoms with Crippen LogP contribution in [-0.4, -0.2) is 44.8 Å². The molecule has 2 fully saturated rings. The average Bonchev–Trinajstić information content (AvgIpc) is 3.30. The lowest BCUT2D eigenvalue weighted by Crippen LogP contribution is -2.41. The SMILES string of the molecule is O=C(Nc1c(F)cccc1N1CCCC1)C1CCN(S(=O)(=O)c2ccccc2F)CC1. The minimum Gasteiger partial charge on any atom is -0.370 e. The Hall–Kier alpha value is -2.52. The number of nitrogens with zero attached hydrogens (tertiary/aromatic N) is 2. The van der Waals surface area contributed by atoms with Gasteiger partial charge >= 0.3 is 0 Å². The molecule has 6 nitrogen and oxygen atoms in total. The Balaban J connectivity index is 1.43. The van der Waals surface area contributed by atoms with Crippen molar-refractivity contribution in [3.05, 3.63) is 54.1 Å². The fraction of sp³-hybridized carbons (Fsp3) is 0.409. The molecule has 0 aromatic heterocycles. The summed E-state index contributed by atoms with van der Waals surface area (Å²) in [5, 5.41) is 2.74. The van der Waals surface area contributed by atoms with Crippen LogP contribution in [-0.2, 0) is 14.8 Å². The highest BCUT2D eigenvalue weighted by Gasteiger charge is 2.34. The Morgan fingerprint density at radius 2 is 1.55 bits per heavy atom. The maximum absolute atomic E-state index is 14.5. The number of sulfonamides is 1. The van der Waals surface area contributed by atoms with Gasteiger partial charge in [-0.15, -0.1) is 0 Å². The smallest absolute Gasteiger partial charge is 0.245 e. The summed E-state index contributed by atoms with van der Waals surface area (Å²) < 4.78 is 55.2. The van der Waals surface area contributed by atoms with E-state index >= 15 is 0 Å². The van der Waals surface area contributed by atoms with Crippen LogP contribution >= 0.6 is 0 Å². The standard InChI is InChI=1S/C22H25F2N3O3S/c23-17-6-1-2-9-20(17)31(29,30)27-14-10-16(11-15-27)22(28)25-21-18(24)7-5-8-19(21)26-12-3-4-13-26/h1-2,5-9,16H,3-4,10-15H2,(H,25,28). The number of halogens is 2. The van der Waals surface area contributed by atoms with Crippen LogP contribution in [0.1, 0.15) is 25.7 Å². The van der Waals surface area contributed by atoms with Gasteiger partial charge in [-0.05, 0) is 49.9 Å². The summed E-state index contributed by atoms with van der Waals surface area (Å²) in [5.41, 5.74) is 0.848. The fourth-order valence-corrected chi connectivity index (χ4v) is 5.77. The number of hydrogen-bond donors (Lipinski definition) is 1. The molecule has 0 aliphatic carbocycles. The molecule has 0 unspecified atom stereocenters. The molecule has 0 spiro atoms. The highest BCUT2D eigenvalue weighted by molar-refractivity contribution is 7.89. The molecule has 9 heteroatoms. The van der Waals surface area contributed by atoms with Crippen molar-refractivity contribution in [2.45, 2.75) is 30.6 Å². The zero-order chi connectivity index (χ0) is 22.0. The molecule has 1 amide bonds. The van der Waals surface area contributed by atoms with Gasteiger partial charge in [-0.25, -0.2) is 17.2 Å². The third kappa shape index (κ3) is 4.43. The second-order valence-electron chi connectivity index (χ2n) is 7.93. The van der Waals surface area contributed by atoms with Crippen molar-refractivity contribution in [1.29, 1.82) is 0 Å². The van der Waals surface area contributed by atoms with Crippen LogP contribution in [0, 0.1) is 17.6 Å². The first-order valence-electron chi connectivity index (χ1n) is 10.5. The van der Waals surface area contributed by atoms with E-state index in [2.05, 4.69) is 10.2 Å². The van der Waals surface area contributed by atoms with E-state index in [-0.39, 0.29) is 42.4 Å². The van der Waals surface area contributed by atoms with E-state index in [1.165, 1.54) is 28.6 Å². The third-order valence-electron chi connectivity index (χ3n) is 5.97. The predicted molar refractivity (Wildman–Crippen MR) is 114 cm³/mol. The van der Waals surface area contributed by atoms with Crippen molar-refractivity contribution >= 4 is 27.3 Å². The summed E-state index contributed by atoms with van der Waals surface area (Å²) in [6, 6.07) is 10.0. The van der Waals surface area contributed by atoms with Crippen molar-refractivity contribution in [3.63, 3.8) is 0 Å². The van der Waals surface area contributed by atoms with Gasteiger partial charge in [-0.3, -0.25) is 4.79 Å². The van der Waals surface area contributed by atoms with Crippen LogP contribution in [0.4, 0.5) is 20.2 Å². The Morgan fingerprint density at radius 3 is 2.23 bits per heavy atom. The summed E-state index contributed by atoms with van der Waals surface area (Å²) in [5.74, 6) is -2.06. The lowest BCUT2D eigenvalue weighted by Gasteiger charge is -2.31. The first-order chi connectivity index (χ1) is 14.9. The van der Waals surface area contributed by atoms with Gasteiger partial charge in [0.2, 0.25) is 15.9 Å². The molecule has 0 radical (unpaired) electrons. The number of benzene rings is 2. The maximum atomic E-state index is 14.5. The van der Waals surface area contributed by atoms with Gasteiger partial charge in [0.05, 0.1) is 5.69 Å². The van der Waals surface area contributed by atoms with Crippen molar-refractivity contribution in [2.24, 2.45) is 5.92 Å². The van der Waals surface area contributed by atoms with Crippen LogP contribution in [0.2, 0.25) is 0 Å². The normalized spacial score (nSPS) is 18.3. The van der Waals surface area contributed by atoms with Crippen molar-refractivity contribution in [1.82, 2.24) is 4.31 Å². The minimum atomic E-state index is -3.97. The van der Waals surface area contributed by atoms with E-state index in [0.29, 0.717) is 5.69 Å².